The number of amides is 1. The van der Waals surface area contributed by atoms with E-state index in [1.807, 2.05) is 42.5 Å². The van der Waals surface area contributed by atoms with Crippen LogP contribution in [0.15, 0.2) is 42.5 Å². The first-order valence-electron chi connectivity index (χ1n) is 7.06. The molecule has 0 radical (unpaired) electrons. The molecule has 0 aromatic heterocycles. The van der Waals surface area contributed by atoms with Crippen LogP contribution in [0.25, 0.3) is 10.8 Å². The van der Waals surface area contributed by atoms with Gasteiger partial charge in [-0.25, -0.2) is 0 Å². The highest BCUT2D eigenvalue weighted by atomic mass is 16.5. The van der Waals surface area contributed by atoms with E-state index in [1.165, 1.54) is 7.11 Å². The van der Waals surface area contributed by atoms with Crippen molar-refractivity contribution in [3.63, 3.8) is 0 Å². The van der Waals surface area contributed by atoms with Crippen LogP contribution in [0.4, 0.5) is 0 Å². The van der Waals surface area contributed by atoms with Crippen molar-refractivity contribution in [1.82, 2.24) is 5.32 Å². The molecule has 2 N–H and O–H groups in total. The number of ether oxygens (including phenoxy) is 1. The van der Waals surface area contributed by atoms with Gasteiger partial charge in [0.1, 0.15) is 6.61 Å². The third-order valence-corrected chi connectivity index (χ3v) is 3.47. The molecule has 0 spiro atoms. The second-order valence-corrected chi connectivity index (χ2v) is 5.16. The molecule has 1 unspecified atom stereocenters. The first-order valence-corrected chi connectivity index (χ1v) is 7.06. The molecule has 1 atom stereocenters. The number of hydrogen-bond acceptors (Lipinski definition) is 3. The first-order chi connectivity index (χ1) is 10.6. The van der Waals surface area contributed by atoms with Crippen molar-refractivity contribution in [1.29, 1.82) is 0 Å². The lowest BCUT2D eigenvalue weighted by atomic mass is 9.97. The van der Waals surface area contributed by atoms with Crippen LogP contribution >= 0.6 is 0 Å². The summed E-state index contributed by atoms with van der Waals surface area (Å²) in [7, 11) is 1.42. The van der Waals surface area contributed by atoms with Crippen molar-refractivity contribution in [2.75, 3.05) is 20.3 Å². The van der Waals surface area contributed by atoms with E-state index in [4.69, 9.17) is 4.74 Å². The molecule has 0 heterocycles. The van der Waals surface area contributed by atoms with Crippen LogP contribution in [0.5, 0.6) is 0 Å². The van der Waals surface area contributed by atoms with E-state index in [-0.39, 0.29) is 19.1 Å². The van der Waals surface area contributed by atoms with Gasteiger partial charge >= 0.3 is 5.97 Å². The fourth-order valence-electron chi connectivity index (χ4n) is 2.32. The Balaban J connectivity index is 2.05. The van der Waals surface area contributed by atoms with Gasteiger partial charge in [0.25, 0.3) is 0 Å². The Labute approximate surface area is 128 Å². The van der Waals surface area contributed by atoms with Crippen LogP contribution < -0.4 is 5.32 Å². The van der Waals surface area contributed by atoms with Gasteiger partial charge in [-0.2, -0.15) is 0 Å². The fourth-order valence-corrected chi connectivity index (χ4v) is 2.32. The molecule has 0 aliphatic carbocycles. The topological polar surface area (TPSA) is 75.6 Å². The third-order valence-electron chi connectivity index (χ3n) is 3.47. The van der Waals surface area contributed by atoms with E-state index in [0.29, 0.717) is 6.42 Å². The lowest BCUT2D eigenvalue weighted by Gasteiger charge is -2.14. The molecule has 116 valence electrons. The number of nitrogens with one attached hydrogen (secondary N) is 1. The van der Waals surface area contributed by atoms with Crippen LogP contribution in [0.2, 0.25) is 0 Å². The van der Waals surface area contributed by atoms with Gasteiger partial charge in [-0.15, -0.1) is 0 Å². The zero-order valence-corrected chi connectivity index (χ0v) is 12.4. The van der Waals surface area contributed by atoms with Gasteiger partial charge in [-0.1, -0.05) is 42.5 Å². The van der Waals surface area contributed by atoms with E-state index in [1.54, 1.807) is 0 Å². The van der Waals surface area contributed by atoms with Crippen molar-refractivity contribution >= 4 is 22.6 Å². The van der Waals surface area contributed by atoms with Gasteiger partial charge in [0, 0.05) is 13.7 Å². The second kappa shape index (κ2) is 7.56. The van der Waals surface area contributed by atoms with Gasteiger partial charge in [-0.3, -0.25) is 9.59 Å². The molecule has 22 heavy (non-hydrogen) atoms. The number of aliphatic carboxylic acids is 1. The normalized spacial score (nSPS) is 12.0. The summed E-state index contributed by atoms with van der Waals surface area (Å²) in [6, 6.07) is 13.8. The molecule has 5 heteroatoms. The van der Waals surface area contributed by atoms with Crippen LogP contribution in [-0.4, -0.2) is 37.2 Å². The molecule has 2 rings (SSSR count). The van der Waals surface area contributed by atoms with Gasteiger partial charge in [-0.05, 0) is 22.8 Å². The van der Waals surface area contributed by atoms with E-state index in [2.05, 4.69) is 5.32 Å². The zero-order chi connectivity index (χ0) is 15.9. The average Bonchev–Trinajstić information content (AvgIpc) is 2.51. The molecular weight excluding hydrogens is 282 g/mol. The van der Waals surface area contributed by atoms with Crippen molar-refractivity contribution in [2.24, 2.45) is 5.92 Å². The maximum absolute atomic E-state index is 11.4. The van der Waals surface area contributed by atoms with Crippen molar-refractivity contribution in [3.8, 4) is 0 Å². The Hall–Kier alpha value is -2.40. The highest BCUT2D eigenvalue weighted by Gasteiger charge is 2.19. The Bertz CT molecular complexity index is 669. The van der Waals surface area contributed by atoms with Gasteiger partial charge in [0.2, 0.25) is 5.91 Å². The third kappa shape index (κ3) is 4.30. The van der Waals surface area contributed by atoms with Crippen molar-refractivity contribution < 1.29 is 19.4 Å². The largest absolute Gasteiger partial charge is 0.481 e. The number of rotatable bonds is 7. The summed E-state index contributed by atoms with van der Waals surface area (Å²) in [5.41, 5.74) is 0.937. The summed E-state index contributed by atoms with van der Waals surface area (Å²) in [5, 5.41) is 14.1. The SMILES string of the molecule is COCC(=O)NCC(Cc1ccc2ccccc2c1)C(=O)O. The number of methoxy groups -OCH3 is 1. The molecule has 0 bridgehead atoms. The summed E-state index contributed by atoms with van der Waals surface area (Å²) < 4.78 is 4.70. The van der Waals surface area contributed by atoms with Crippen molar-refractivity contribution in [2.45, 2.75) is 6.42 Å². The second-order valence-electron chi connectivity index (χ2n) is 5.16. The molecule has 5 nitrogen and oxygen atoms in total. The predicted octanol–water partition coefficient (Wildman–Crippen LogP) is 1.85. The number of hydrogen-bond donors (Lipinski definition) is 2. The summed E-state index contributed by atoms with van der Waals surface area (Å²) in [5.74, 6) is -1.90. The predicted molar refractivity (Wildman–Crippen MR) is 83.7 cm³/mol. The van der Waals surface area contributed by atoms with Crippen LogP contribution in [0, 0.1) is 5.92 Å². The standard InChI is InChI=1S/C17H19NO4/c1-22-11-16(19)18-10-15(17(20)21)9-12-6-7-13-4-2-3-5-14(13)8-12/h2-8,15H,9-11H2,1H3,(H,18,19)(H,20,21). The smallest absolute Gasteiger partial charge is 0.308 e. The molecule has 2 aromatic rings. The van der Waals surface area contributed by atoms with Crippen LogP contribution in [-0.2, 0) is 20.7 Å². The molecule has 0 fully saturated rings. The fraction of sp³-hybridized carbons (Fsp3) is 0.294. The van der Waals surface area contributed by atoms with E-state index >= 15 is 0 Å². The summed E-state index contributed by atoms with van der Waals surface area (Å²) >= 11 is 0. The average molecular weight is 301 g/mol. The lowest BCUT2D eigenvalue weighted by Crippen LogP contribution is -2.35. The van der Waals surface area contributed by atoms with Gasteiger partial charge in [0.05, 0.1) is 5.92 Å². The Kier molecular flexibility index (Phi) is 5.49. The van der Waals surface area contributed by atoms with Crippen molar-refractivity contribution in [3.05, 3.63) is 48.0 Å². The maximum Gasteiger partial charge on any atom is 0.308 e. The van der Waals surface area contributed by atoms with Gasteiger partial charge in [0.15, 0.2) is 0 Å². The Morgan fingerprint density at radius 3 is 2.59 bits per heavy atom. The van der Waals surface area contributed by atoms with E-state index in [0.717, 1.165) is 16.3 Å². The quantitative estimate of drug-likeness (QED) is 0.818. The monoisotopic (exact) mass is 301 g/mol. The Morgan fingerprint density at radius 1 is 1.18 bits per heavy atom. The molecule has 0 aliphatic heterocycles. The number of carboxylic acid groups (broad SMARTS) is 1. The molecule has 1 amide bonds. The first kappa shape index (κ1) is 16.0. The Morgan fingerprint density at radius 2 is 1.91 bits per heavy atom. The molecule has 2 aromatic carbocycles. The molecule has 0 saturated carbocycles. The summed E-state index contributed by atoms with van der Waals surface area (Å²) in [6.07, 6.45) is 0.368. The number of fused-ring (bicyclic) bond motifs is 1. The van der Waals surface area contributed by atoms with Crippen LogP contribution in [0.1, 0.15) is 5.56 Å². The summed E-state index contributed by atoms with van der Waals surface area (Å²) in [6.45, 7) is 0.0205. The molecule has 0 aliphatic rings. The highest BCUT2D eigenvalue weighted by molar-refractivity contribution is 5.83. The van der Waals surface area contributed by atoms with E-state index < -0.39 is 11.9 Å². The number of carbonyl (C=O) groups is 2. The zero-order valence-electron chi connectivity index (χ0n) is 12.4. The minimum absolute atomic E-state index is 0.0671. The highest BCUT2D eigenvalue weighted by Crippen LogP contribution is 2.18. The minimum Gasteiger partial charge on any atom is -0.481 e. The van der Waals surface area contributed by atoms with E-state index in [9.17, 15) is 14.7 Å². The number of benzene rings is 2. The molecule has 0 saturated heterocycles. The number of carbonyl (C=O) groups excluding carboxylic acids is 1. The maximum atomic E-state index is 11.4. The number of carboxylic acids is 1. The van der Waals surface area contributed by atoms with Gasteiger partial charge < -0.3 is 15.2 Å². The summed E-state index contributed by atoms with van der Waals surface area (Å²) in [4.78, 5) is 22.7. The minimum atomic E-state index is -0.925. The lowest BCUT2D eigenvalue weighted by molar-refractivity contribution is -0.141. The molecular formula is C17H19NO4. The van der Waals surface area contributed by atoms with Crippen LogP contribution in [0.3, 0.4) is 0 Å².